The Labute approximate surface area is 166 Å². The van der Waals surface area contributed by atoms with Gasteiger partial charge >= 0.3 is 0 Å². The fraction of sp³-hybridized carbons (Fsp3) is 0.381. The minimum atomic E-state index is -3.51. The third kappa shape index (κ3) is 4.72. The second kappa shape index (κ2) is 9.21. The molecule has 1 saturated heterocycles. The van der Waals surface area contributed by atoms with Crippen molar-refractivity contribution in [2.75, 3.05) is 32.8 Å². The zero-order valence-corrected chi connectivity index (χ0v) is 16.9. The second-order valence-electron chi connectivity index (χ2n) is 6.74. The van der Waals surface area contributed by atoms with E-state index in [-0.39, 0.29) is 10.8 Å². The first-order valence-corrected chi connectivity index (χ1v) is 11.0. The van der Waals surface area contributed by atoms with Crippen LogP contribution in [0.1, 0.15) is 30.1 Å². The third-order valence-electron chi connectivity index (χ3n) is 4.77. The first-order valence-electron chi connectivity index (χ1n) is 9.59. The number of hydrogen-bond donors (Lipinski definition) is 0. The maximum Gasteiger partial charge on any atom is 0.253 e. The zero-order valence-electron chi connectivity index (χ0n) is 16.1. The van der Waals surface area contributed by atoms with E-state index >= 15 is 0 Å². The second-order valence-corrected chi connectivity index (χ2v) is 8.67. The molecule has 6 nitrogen and oxygen atoms in total. The third-order valence-corrected chi connectivity index (χ3v) is 6.69. The summed E-state index contributed by atoms with van der Waals surface area (Å²) in [5.74, 6) is 0.667. The van der Waals surface area contributed by atoms with Crippen LogP contribution in [0.15, 0.2) is 59.5 Å². The molecule has 1 heterocycles. The van der Waals surface area contributed by atoms with Gasteiger partial charge in [0.2, 0.25) is 10.0 Å². The van der Waals surface area contributed by atoms with Crippen LogP contribution in [-0.4, -0.2) is 56.3 Å². The molecular formula is C21H26N2O4S. The average Bonchev–Trinajstić information content (AvgIpc) is 2.75. The molecule has 28 heavy (non-hydrogen) atoms. The number of piperazine rings is 1. The van der Waals surface area contributed by atoms with Gasteiger partial charge in [-0.05, 0) is 42.8 Å². The van der Waals surface area contributed by atoms with Gasteiger partial charge in [-0.1, -0.05) is 31.5 Å². The molecule has 2 aromatic carbocycles. The molecule has 0 bridgehead atoms. The smallest absolute Gasteiger partial charge is 0.253 e. The van der Waals surface area contributed by atoms with Crippen LogP contribution in [0.3, 0.4) is 0 Å². The Morgan fingerprint density at radius 2 is 1.61 bits per heavy atom. The van der Waals surface area contributed by atoms with Gasteiger partial charge < -0.3 is 9.64 Å². The lowest BCUT2D eigenvalue weighted by Gasteiger charge is -2.34. The van der Waals surface area contributed by atoms with Crippen LogP contribution in [0, 0.1) is 0 Å². The number of hydrogen-bond acceptors (Lipinski definition) is 4. The Bertz CT molecular complexity index is 874. The molecule has 2 aromatic rings. The molecule has 0 unspecified atom stereocenters. The molecule has 7 heteroatoms. The lowest BCUT2D eigenvalue weighted by atomic mass is 10.2. The molecule has 1 fully saturated rings. The SMILES string of the molecule is CCCCOc1ccc(C(=O)N2CCN(S(=O)(=O)c3ccccc3)CC2)cc1. The normalized spacial score (nSPS) is 15.4. The van der Waals surface area contributed by atoms with Crippen LogP contribution in [0.2, 0.25) is 0 Å². The van der Waals surface area contributed by atoms with Crippen molar-refractivity contribution in [2.24, 2.45) is 0 Å². The van der Waals surface area contributed by atoms with Crippen LogP contribution >= 0.6 is 0 Å². The first kappa shape index (κ1) is 20.4. The highest BCUT2D eigenvalue weighted by Crippen LogP contribution is 2.19. The number of carbonyl (C=O) groups is 1. The molecule has 150 valence electrons. The summed E-state index contributed by atoms with van der Waals surface area (Å²) in [4.78, 5) is 14.7. The van der Waals surface area contributed by atoms with Crippen molar-refractivity contribution in [3.05, 3.63) is 60.2 Å². The van der Waals surface area contributed by atoms with E-state index in [1.54, 1.807) is 59.5 Å². The number of amides is 1. The average molecular weight is 403 g/mol. The van der Waals surface area contributed by atoms with Gasteiger partial charge in [0.1, 0.15) is 5.75 Å². The van der Waals surface area contributed by atoms with Gasteiger partial charge in [-0.2, -0.15) is 4.31 Å². The van der Waals surface area contributed by atoms with Crippen LogP contribution in [0.4, 0.5) is 0 Å². The molecule has 0 aromatic heterocycles. The van der Waals surface area contributed by atoms with Crippen LogP contribution in [-0.2, 0) is 10.0 Å². The summed E-state index contributed by atoms with van der Waals surface area (Å²) in [6.07, 6.45) is 2.07. The zero-order chi connectivity index (χ0) is 20.0. The Hall–Kier alpha value is -2.38. The fourth-order valence-corrected chi connectivity index (χ4v) is 4.53. The highest BCUT2D eigenvalue weighted by molar-refractivity contribution is 7.89. The summed E-state index contributed by atoms with van der Waals surface area (Å²) >= 11 is 0. The quantitative estimate of drug-likeness (QED) is 0.668. The van der Waals surface area contributed by atoms with Gasteiger partial charge in [0.05, 0.1) is 11.5 Å². The van der Waals surface area contributed by atoms with Gasteiger partial charge in [-0.25, -0.2) is 8.42 Å². The number of benzene rings is 2. The van der Waals surface area contributed by atoms with Crippen molar-refractivity contribution < 1.29 is 17.9 Å². The Balaban J connectivity index is 1.58. The molecule has 1 aliphatic rings. The fourth-order valence-electron chi connectivity index (χ4n) is 3.08. The highest BCUT2D eigenvalue weighted by Gasteiger charge is 2.30. The van der Waals surface area contributed by atoms with Crippen molar-refractivity contribution in [3.8, 4) is 5.75 Å². The van der Waals surface area contributed by atoms with Crippen molar-refractivity contribution in [1.29, 1.82) is 0 Å². The van der Waals surface area contributed by atoms with Gasteiger partial charge in [0.15, 0.2) is 0 Å². The van der Waals surface area contributed by atoms with E-state index in [2.05, 4.69) is 6.92 Å². The van der Waals surface area contributed by atoms with Gasteiger partial charge in [0.25, 0.3) is 5.91 Å². The van der Waals surface area contributed by atoms with E-state index < -0.39 is 10.0 Å². The van der Waals surface area contributed by atoms with E-state index in [9.17, 15) is 13.2 Å². The first-order chi connectivity index (χ1) is 13.5. The topological polar surface area (TPSA) is 66.9 Å². The van der Waals surface area contributed by atoms with Gasteiger partial charge in [-0.3, -0.25) is 4.79 Å². The number of nitrogens with zero attached hydrogens (tertiary/aromatic N) is 2. The van der Waals surface area contributed by atoms with Gasteiger partial charge in [0, 0.05) is 31.7 Å². The summed E-state index contributed by atoms with van der Waals surface area (Å²) in [5, 5.41) is 0. The summed E-state index contributed by atoms with van der Waals surface area (Å²) in [6, 6.07) is 15.5. The van der Waals surface area contributed by atoms with E-state index in [4.69, 9.17) is 4.74 Å². The summed E-state index contributed by atoms with van der Waals surface area (Å²) in [7, 11) is -3.51. The number of carbonyl (C=O) groups excluding carboxylic acids is 1. The predicted octanol–water partition coefficient (Wildman–Crippen LogP) is 3.01. The van der Waals surface area contributed by atoms with E-state index in [1.807, 2.05) is 0 Å². The molecule has 0 saturated carbocycles. The largest absolute Gasteiger partial charge is 0.494 e. The molecule has 0 radical (unpaired) electrons. The van der Waals surface area contributed by atoms with Crippen molar-refractivity contribution in [3.63, 3.8) is 0 Å². The molecule has 0 aliphatic carbocycles. The Morgan fingerprint density at radius 3 is 2.21 bits per heavy atom. The maximum atomic E-state index is 12.7. The summed E-state index contributed by atoms with van der Waals surface area (Å²) in [6.45, 7) is 4.11. The molecule has 0 spiro atoms. The van der Waals surface area contributed by atoms with Crippen LogP contribution in [0.5, 0.6) is 5.75 Å². The van der Waals surface area contributed by atoms with E-state index in [0.29, 0.717) is 38.3 Å². The van der Waals surface area contributed by atoms with E-state index in [0.717, 1.165) is 18.6 Å². The maximum absolute atomic E-state index is 12.7. The van der Waals surface area contributed by atoms with Crippen LogP contribution < -0.4 is 4.74 Å². The summed E-state index contributed by atoms with van der Waals surface area (Å²) in [5.41, 5.74) is 0.585. The standard InChI is InChI=1S/C21H26N2O4S/c1-2-3-17-27-19-11-9-18(10-12-19)21(24)22-13-15-23(16-14-22)28(25,26)20-7-5-4-6-8-20/h4-12H,2-3,13-17H2,1H3. The number of unbranched alkanes of at least 4 members (excludes halogenated alkanes) is 1. The number of ether oxygens (including phenoxy) is 1. The van der Waals surface area contributed by atoms with Crippen molar-refractivity contribution >= 4 is 15.9 Å². The molecular weight excluding hydrogens is 376 g/mol. The number of sulfonamides is 1. The van der Waals surface area contributed by atoms with Crippen molar-refractivity contribution in [2.45, 2.75) is 24.7 Å². The molecule has 0 N–H and O–H groups in total. The minimum absolute atomic E-state index is 0.0862. The molecule has 3 rings (SSSR count). The monoisotopic (exact) mass is 402 g/mol. The Kier molecular flexibility index (Phi) is 6.70. The minimum Gasteiger partial charge on any atom is -0.494 e. The highest BCUT2D eigenvalue weighted by atomic mass is 32.2. The van der Waals surface area contributed by atoms with Crippen molar-refractivity contribution in [1.82, 2.24) is 9.21 Å². The van der Waals surface area contributed by atoms with Gasteiger partial charge in [-0.15, -0.1) is 0 Å². The van der Waals surface area contributed by atoms with Crippen LogP contribution in [0.25, 0.3) is 0 Å². The lowest BCUT2D eigenvalue weighted by Crippen LogP contribution is -2.50. The molecule has 1 aliphatic heterocycles. The molecule has 1 amide bonds. The number of rotatable bonds is 7. The van der Waals surface area contributed by atoms with E-state index in [1.165, 1.54) is 4.31 Å². The summed E-state index contributed by atoms with van der Waals surface area (Å²) < 4.78 is 32.4. The Morgan fingerprint density at radius 1 is 0.964 bits per heavy atom. The predicted molar refractivity (Wildman–Crippen MR) is 108 cm³/mol. The lowest BCUT2D eigenvalue weighted by molar-refractivity contribution is 0.0698. The molecule has 0 atom stereocenters.